The molecule has 3 heterocycles. The number of halogens is 4. The van der Waals surface area contributed by atoms with E-state index in [0.717, 1.165) is 41.9 Å². The van der Waals surface area contributed by atoms with Gasteiger partial charge in [-0.2, -0.15) is 13.2 Å². The lowest BCUT2D eigenvalue weighted by atomic mass is 10.2. The Morgan fingerprint density at radius 3 is 2.45 bits per heavy atom. The topological polar surface area (TPSA) is 205 Å². The number of fused-ring (bicyclic) bond motifs is 1. The second-order valence-corrected chi connectivity index (χ2v) is 12.0. The first kappa shape index (κ1) is 38.4. The molecule has 15 nitrogen and oxygen atoms in total. The van der Waals surface area contributed by atoms with Crippen molar-refractivity contribution < 1.29 is 46.7 Å². The second-order valence-electron chi connectivity index (χ2n) is 11.6. The second kappa shape index (κ2) is 16.1. The van der Waals surface area contributed by atoms with Crippen molar-refractivity contribution in [1.82, 2.24) is 29.7 Å². The van der Waals surface area contributed by atoms with Crippen LogP contribution in [0.15, 0.2) is 30.3 Å². The van der Waals surface area contributed by atoms with E-state index in [9.17, 15) is 32.7 Å². The summed E-state index contributed by atoms with van der Waals surface area (Å²) in [5.41, 5.74) is 14.5. The Kier molecular flexibility index (Phi) is 12.1. The fourth-order valence-electron chi connectivity index (χ4n) is 5.02. The van der Waals surface area contributed by atoms with Crippen molar-refractivity contribution in [3.63, 3.8) is 0 Å². The number of nitrogen functional groups attached to an aromatic ring is 2. The number of hydrogen-bond acceptors (Lipinski definition) is 11. The quantitative estimate of drug-likeness (QED) is 0.130. The van der Waals surface area contributed by atoms with Gasteiger partial charge >= 0.3 is 12.1 Å². The fourth-order valence-corrected chi connectivity index (χ4v) is 5.15. The number of esters is 1. The van der Waals surface area contributed by atoms with Gasteiger partial charge in [0.05, 0.1) is 26.7 Å². The van der Waals surface area contributed by atoms with E-state index in [0.29, 0.717) is 31.0 Å². The van der Waals surface area contributed by atoms with Crippen molar-refractivity contribution in [2.75, 3.05) is 32.2 Å². The Hall–Kier alpha value is -5.39. The molecule has 0 radical (unpaired) electrons. The maximum Gasteiger partial charge on any atom is 0.490 e. The summed E-state index contributed by atoms with van der Waals surface area (Å²) in [7, 11) is 2.32. The number of aryl methyl sites for hydroxylation is 2. The molecular weight excluding hydrogens is 699 g/mol. The highest BCUT2D eigenvalue weighted by Crippen LogP contribution is 2.33. The van der Waals surface area contributed by atoms with Crippen LogP contribution in [0.4, 0.5) is 24.8 Å². The number of pyridine rings is 1. The van der Waals surface area contributed by atoms with Crippen LogP contribution in [0.25, 0.3) is 11.0 Å². The van der Waals surface area contributed by atoms with Crippen molar-refractivity contribution in [2.24, 2.45) is 5.92 Å². The fraction of sp³-hybridized carbons (Fsp3) is 0.406. The van der Waals surface area contributed by atoms with Crippen LogP contribution in [-0.2, 0) is 40.5 Å². The first-order valence-electron chi connectivity index (χ1n) is 15.6. The smallest absolute Gasteiger partial charge is 0.490 e. The standard InChI is InChI=1S/C29H34ClN9O4.C3H3F3O2/c1-4-38-20-9-8-18(43-15-24(41)37(3)14-19-22(40)10-5-16(2)34-19)11-21(20)39(13-17-6-7-17)23(38)12-33-29(42)25-27(31)36-28(32)26(30)35-25;1-8-2(7)3(4,5)6/h5,8-11,17H,4,6-7,12-15H2,1-3H3,(H5-,31,32,33,36,40,42);1H3/p+1. The van der Waals surface area contributed by atoms with Crippen LogP contribution in [-0.4, -0.2) is 74.2 Å². The zero-order valence-corrected chi connectivity index (χ0v) is 29.0. The number of nitrogens with zero attached hydrogens (tertiary/aromatic N) is 6. The zero-order valence-electron chi connectivity index (χ0n) is 28.3. The molecule has 0 spiro atoms. The number of imidazole rings is 1. The van der Waals surface area contributed by atoms with Gasteiger partial charge < -0.3 is 36.3 Å². The molecule has 0 saturated heterocycles. The summed E-state index contributed by atoms with van der Waals surface area (Å²) in [6, 6.07) is 8.97. The molecule has 0 bridgehead atoms. The Morgan fingerprint density at radius 1 is 1.14 bits per heavy atom. The molecule has 1 aliphatic carbocycles. The number of ether oxygens (including phenoxy) is 2. The zero-order chi connectivity index (χ0) is 37.6. The number of carbonyl (C=O) groups is 3. The number of nitrogens with two attached hydrogens (primary N) is 2. The number of aromatic hydroxyl groups is 1. The average Bonchev–Trinajstić information content (AvgIpc) is 3.86. The Bertz CT molecular complexity index is 1930. The summed E-state index contributed by atoms with van der Waals surface area (Å²) in [5, 5.41) is 12.9. The summed E-state index contributed by atoms with van der Waals surface area (Å²) < 4.78 is 46.5. The van der Waals surface area contributed by atoms with Crippen LogP contribution >= 0.6 is 11.6 Å². The number of rotatable bonds is 11. The number of hydrogen-bond donors (Lipinski definition) is 4. The summed E-state index contributed by atoms with van der Waals surface area (Å²) >= 11 is 5.97. The number of nitrogens with one attached hydrogen (secondary N) is 1. The van der Waals surface area contributed by atoms with Crippen LogP contribution < -0.4 is 26.1 Å². The molecule has 19 heteroatoms. The third-order valence-corrected chi connectivity index (χ3v) is 8.09. The van der Waals surface area contributed by atoms with Crippen molar-refractivity contribution in [2.45, 2.75) is 59.0 Å². The number of aromatic nitrogens is 5. The molecule has 3 aromatic heterocycles. The molecule has 5 rings (SSSR count). The highest BCUT2D eigenvalue weighted by molar-refractivity contribution is 6.31. The van der Waals surface area contributed by atoms with E-state index in [1.54, 1.807) is 19.2 Å². The first-order chi connectivity index (χ1) is 24.0. The molecule has 1 aromatic carbocycles. The summed E-state index contributed by atoms with van der Waals surface area (Å²) in [6.45, 7) is 5.49. The minimum absolute atomic E-state index is 0.0397. The minimum atomic E-state index is -4.85. The van der Waals surface area contributed by atoms with Gasteiger partial charge in [0.1, 0.15) is 23.7 Å². The van der Waals surface area contributed by atoms with Gasteiger partial charge in [-0.25, -0.2) is 23.9 Å². The number of anilines is 2. The van der Waals surface area contributed by atoms with E-state index in [4.69, 9.17) is 27.8 Å². The monoisotopic (exact) mass is 736 g/mol. The molecule has 1 aliphatic rings. The highest BCUT2D eigenvalue weighted by Gasteiger charge is 2.40. The van der Waals surface area contributed by atoms with Gasteiger partial charge in [-0.15, -0.1) is 0 Å². The lowest BCUT2D eigenvalue weighted by Crippen LogP contribution is -2.40. The predicted octanol–water partition coefficient (Wildman–Crippen LogP) is 3.06. The molecule has 4 aromatic rings. The summed E-state index contributed by atoms with van der Waals surface area (Å²) in [4.78, 5) is 49.0. The van der Waals surface area contributed by atoms with E-state index in [-0.39, 0.29) is 53.8 Å². The Labute approximate surface area is 295 Å². The van der Waals surface area contributed by atoms with E-state index >= 15 is 0 Å². The van der Waals surface area contributed by atoms with Crippen LogP contribution in [0.3, 0.4) is 0 Å². The van der Waals surface area contributed by atoms with Gasteiger partial charge in [0, 0.05) is 18.8 Å². The van der Waals surface area contributed by atoms with Crippen molar-refractivity contribution in [3.8, 4) is 11.5 Å². The van der Waals surface area contributed by atoms with E-state index in [1.165, 1.54) is 4.90 Å². The lowest BCUT2D eigenvalue weighted by Gasteiger charge is -2.18. The summed E-state index contributed by atoms with van der Waals surface area (Å²) in [6.07, 6.45) is -2.58. The molecule has 6 N–H and O–H groups in total. The van der Waals surface area contributed by atoms with Crippen molar-refractivity contribution in [3.05, 3.63) is 58.4 Å². The van der Waals surface area contributed by atoms with E-state index < -0.39 is 18.1 Å². The van der Waals surface area contributed by atoms with Crippen LogP contribution in [0.2, 0.25) is 5.15 Å². The molecular formula is C32H38ClF3N9O6+. The number of methoxy groups -OCH3 is 1. The largest absolute Gasteiger partial charge is 0.506 e. The number of carbonyl (C=O) groups excluding carboxylic acids is 3. The number of likely N-dealkylation sites (N-methyl/N-ethyl adjacent to an activating group) is 1. The molecule has 0 atom stereocenters. The van der Waals surface area contributed by atoms with Gasteiger partial charge in [0.25, 0.3) is 17.6 Å². The number of benzene rings is 1. The maximum atomic E-state index is 13.0. The molecule has 0 aliphatic heterocycles. The van der Waals surface area contributed by atoms with Gasteiger partial charge in [-0.1, -0.05) is 11.6 Å². The van der Waals surface area contributed by atoms with Gasteiger partial charge in [0.2, 0.25) is 0 Å². The predicted molar refractivity (Wildman–Crippen MR) is 178 cm³/mol. The third kappa shape index (κ3) is 9.65. The molecule has 51 heavy (non-hydrogen) atoms. The molecule has 274 valence electrons. The lowest BCUT2D eigenvalue weighted by molar-refractivity contribution is -0.676. The third-order valence-electron chi connectivity index (χ3n) is 7.81. The normalized spacial score (nSPS) is 12.5. The van der Waals surface area contributed by atoms with Crippen molar-refractivity contribution >= 4 is 52.1 Å². The van der Waals surface area contributed by atoms with E-state index in [2.05, 4.69) is 34.1 Å². The molecule has 1 fully saturated rings. The number of amides is 2. The number of alkyl halides is 3. The van der Waals surface area contributed by atoms with Crippen LogP contribution in [0.1, 0.15) is 47.5 Å². The first-order valence-corrected chi connectivity index (χ1v) is 16.0. The van der Waals surface area contributed by atoms with Gasteiger partial charge in [-0.05, 0) is 56.9 Å². The average molecular weight is 737 g/mol. The highest BCUT2D eigenvalue weighted by atomic mass is 35.5. The summed E-state index contributed by atoms with van der Waals surface area (Å²) in [5.74, 6) is -1.07. The van der Waals surface area contributed by atoms with Gasteiger partial charge in [0.15, 0.2) is 40.1 Å². The SMILES string of the molecule is CC[n+]1c(CNC(=O)c2nc(Cl)c(N)nc2N)n(CC2CC2)c2cc(OCC(=O)N(C)Cc3nc(C)ccc3O)ccc21.COC(=O)C(F)(F)F. The van der Waals surface area contributed by atoms with Crippen molar-refractivity contribution in [1.29, 1.82) is 0 Å². The Balaban J connectivity index is 0.000000652. The molecule has 0 unspecified atom stereocenters. The minimum Gasteiger partial charge on any atom is -0.506 e. The maximum absolute atomic E-state index is 13.0. The van der Waals surface area contributed by atoms with E-state index in [1.807, 2.05) is 32.0 Å². The molecule has 1 saturated carbocycles. The van der Waals surface area contributed by atoms with Gasteiger partial charge in [-0.3, -0.25) is 14.6 Å². The van der Waals surface area contributed by atoms with Crippen LogP contribution in [0.5, 0.6) is 11.5 Å². The Morgan fingerprint density at radius 2 is 1.84 bits per heavy atom. The molecule has 2 amide bonds. The van der Waals surface area contributed by atoms with Crippen LogP contribution in [0, 0.1) is 12.8 Å².